The van der Waals surface area contributed by atoms with Gasteiger partial charge in [0.15, 0.2) is 0 Å². The summed E-state index contributed by atoms with van der Waals surface area (Å²) in [5.74, 6) is 0.178. The van der Waals surface area contributed by atoms with E-state index in [0.29, 0.717) is 32.1 Å². The molecule has 1 aliphatic carbocycles. The molecule has 0 radical (unpaired) electrons. The Morgan fingerprint density at radius 3 is 2.41 bits per heavy atom. The van der Waals surface area contributed by atoms with Gasteiger partial charge < -0.3 is 20.7 Å². The van der Waals surface area contributed by atoms with Crippen molar-refractivity contribution in [2.24, 2.45) is 5.73 Å². The molecule has 2 rings (SSSR count). The predicted octanol–water partition coefficient (Wildman–Crippen LogP) is -0.838. The third kappa shape index (κ3) is 4.66. The highest BCUT2D eigenvalue weighted by Gasteiger charge is 2.31. The quantitative estimate of drug-likeness (QED) is 0.640. The number of carbonyl (C=O) groups is 2. The molecule has 126 valence electrons. The summed E-state index contributed by atoms with van der Waals surface area (Å²) in [5.41, 5.74) is 5.55. The van der Waals surface area contributed by atoms with Crippen molar-refractivity contribution in [2.45, 2.75) is 44.4 Å². The molecule has 2 unspecified atom stereocenters. The molecule has 0 aromatic heterocycles. The second kappa shape index (κ2) is 7.89. The lowest BCUT2D eigenvalue weighted by Crippen LogP contribution is -2.55. The van der Waals surface area contributed by atoms with Gasteiger partial charge in [0.2, 0.25) is 11.8 Å². The lowest BCUT2D eigenvalue weighted by Gasteiger charge is -2.37. The van der Waals surface area contributed by atoms with Crippen LogP contribution in [0.25, 0.3) is 0 Å². The van der Waals surface area contributed by atoms with E-state index in [0.717, 1.165) is 25.9 Å². The van der Waals surface area contributed by atoms with Gasteiger partial charge in [-0.3, -0.25) is 14.5 Å². The van der Waals surface area contributed by atoms with Gasteiger partial charge in [-0.25, -0.2) is 0 Å². The molecule has 1 heterocycles. The van der Waals surface area contributed by atoms with E-state index in [4.69, 9.17) is 10.5 Å². The summed E-state index contributed by atoms with van der Waals surface area (Å²) in [5, 5.41) is 3.03. The van der Waals surface area contributed by atoms with Crippen molar-refractivity contribution in [2.75, 3.05) is 39.8 Å². The summed E-state index contributed by atoms with van der Waals surface area (Å²) in [6.07, 6.45) is 2.31. The van der Waals surface area contributed by atoms with Crippen molar-refractivity contribution in [1.82, 2.24) is 15.1 Å². The van der Waals surface area contributed by atoms with Crippen LogP contribution in [0.5, 0.6) is 0 Å². The van der Waals surface area contributed by atoms with Crippen molar-refractivity contribution in [1.29, 1.82) is 0 Å². The molecule has 1 saturated heterocycles. The average molecular weight is 312 g/mol. The number of amides is 2. The molecule has 3 N–H and O–H groups in total. The number of piperazine rings is 1. The largest absolute Gasteiger partial charge is 0.380 e. The molecule has 0 aromatic carbocycles. The van der Waals surface area contributed by atoms with Crippen LogP contribution >= 0.6 is 0 Å². The van der Waals surface area contributed by atoms with Crippen LogP contribution in [0.3, 0.4) is 0 Å². The predicted molar refractivity (Wildman–Crippen MR) is 83.2 cm³/mol. The summed E-state index contributed by atoms with van der Waals surface area (Å²) < 4.78 is 5.16. The number of rotatable bonds is 7. The zero-order valence-corrected chi connectivity index (χ0v) is 13.6. The summed E-state index contributed by atoms with van der Waals surface area (Å²) in [6.45, 7) is 5.05. The molecule has 2 fully saturated rings. The van der Waals surface area contributed by atoms with E-state index in [1.54, 1.807) is 7.11 Å². The van der Waals surface area contributed by atoms with Crippen molar-refractivity contribution in [3.8, 4) is 0 Å². The number of ether oxygens (including phenoxy) is 1. The average Bonchev–Trinajstić information content (AvgIpc) is 3.35. The van der Waals surface area contributed by atoms with E-state index in [1.165, 1.54) is 0 Å². The van der Waals surface area contributed by atoms with Crippen molar-refractivity contribution < 1.29 is 14.3 Å². The maximum absolute atomic E-state index is 12.2. The zero-order chi connectivity index (χ0) is 16.1. The Morgan fingerprint density at radius 2 is 1.91 bits per heavy atom. The highest BCUT2D eigenvalue weighted by Crippen LogP contribution is 2.19. The van der Waals surface area contributed by atoms with Gasteiger partial charge in [-0.2, -0.15) is 0 Å². The van der Waals surface area contributed by atoms with Crippen molar-refractivity contribution in [3.63, 3.8) is 0 Å². The minimum Gasteiger partial charge on any atom is -0.380 e. The fourth-order valence-electron chi connectivity index (χ4n) is 2.66. The Kier molecular flexibility index (Phi) is 6.16. The zero-order valence-electron chi connectivity index (χ0n) is 13.6. The normalized spacial score (nSPS) is 22.2. The first-order valence-corrected chi connectivity index (χ1v) is 8.10. The molecule has 2 aliphatic rings. The number of hydrogen-bond acceptors (Lipinski definition) is 5. The van der Waals surface area contributed by atoms with E-state index in [-0.39, 0.29) is 24.0 Å². The summed E-state index contributed by atoms with van der Waals surface area (Å²) in [4.78, 5) is 28.2. The molecule has 0 bridgehead atoms. The van der Waals surface area contributed by atoms with Gasteiger partial charge in [0.25, 0.3) is 0 Å². The molecule has 2 atom stereocenters. The molecule has 1 aliphatic heterocycles. The summed E-state index contributed by atoms with van der Waals surface area (Å²) in [7, 11) is 1.57. The van der Waals surface area contributed by atoms with Crippen molar-refractivity contribution in [3.05, 3.63) is 0 Å². The molecule has 1 saturated carbocycles. The molecule has 0 aromatic rings. The van der Waals surface area contributed by atoms with Gasteiger partial charge in [0.05, 0.1) is 18.6 Å². The first-order chi connectivity index (χ1) is 10.5. The Bertz CT molecular complexity index is 388. The first kappa shape index (κ1) is 17.2. The van der Waals surface area contributed by atoms with Crippen LogP contribution < -0.4 is 11.1 Å². The maximum atomic E-state index is 12.2. The number of nitrogens with one attached hydrogen (secondary N) is 1. The molecule has 7 nitrogen and oxygen atoms in total. The van der Waals surface area contributed by atoms with Crippen LogP contribution in [0.1, 0.15) is 26.2 Å². The van der Waals surface area contributed by atoms with Crippen LogP contribution in [0.15, 0.2) is 0 Å². The monoisotopic (exact) mass is 312 g/mol. The molecular formula is C15H28N4O3. The number of nitrogens with zero attached hydrogens (tertiary/aromatic N) is 2. The van der Waals surface area contributed by atoms with Crippen LogP contribution in [-0.4, -0.2) is 79.6 Å². The minimum atomic E-state index is -0.214. The number of nitrogens with two attached hydrogens (primary N) is 1. The van der Waals surface area contributed by atoms with Crippen LogP contribution in [0.2, 0.25) is 0 Å². The van der Waals surface area contributed by atoms with E-state index >= 15 is 0 Å². The smallest absolute Gasteiger partial charge is 0.237 e. The van der Waals surface area contributed by atoms with E-state index in [1.807, 2.05) is 11.8 Å². The first-order valence-electron chi connectivity index (χ1n) is 8.10. The number of hydrogen-bond donors (Lipinski definition) is 2. The Labute approximate surface area is 132 Å². The SMILES string of the molecule is COC(CN)CC(=O)N1CCN(C(C)C(=O)NC2CC2)CC1. The second-order valence-corrected chi connectivity index (χ2v) is 6.17. The van der Waals surface area contributed by atoms with Crippen molar-refractivity contribution >= 4 is 11.8 Å². The fourth-order valence-corrected chi connectivity index (χ4v) is 2.66. The maximum Gasteiger partial charge on any atom is 0.237 e. The van der Waals surface area contributed by atoms with E-state index < -0.39 is 0 Å². The molecule has 2 amide bonds. The van der Waals surface area contributed by atoms with Gasteiger partial charge in [-0.15, -0.1) is 0 Å². The Hall–Kier alpha value is -1.18. The van der Waals surface area contributed by atoms with E-state index in [2.05, 4.69) is 10.2 Å². The molecule has 22 heavy (non-hydrogen) atoms. The van der Waals surface area contributed by atoms with Crippen LogP contribution in [0.4, 0.5) is 0 Å². The second-order valence-electron chi connectivity index (χ2n) is 6.17. The van der Waals surface area contributed by atoms with Crippen LogP contribution in [0, 0.1) is 0 Å². The van der Waals surface area contributed by atoms with Gasteiger partial charge in [0.1, 0.15) is 0 Å². The molecule has 0 spiro atoms. The highest BCUT2D eigenvalue weighted by atomic mass is 16.5. The number of methoxy groups -OCH3 is 1. The third-order valence-electron chi connectivity index (χ3n) is 4.52. The van der Waals surface area contributed by atoms with Gasteiger partial charge in [0, 0.05) is 45.9 Å². The summed E-state index contributed by atoms with van der Waals surface area (Å²) >= 11 is 0. The standard InChI is InChI=1S/C15H28N4O3/c1-11(15(21)17-12-3-4-12)18-5-7-19(8-6-18)14(20)9-13(10-16)22-2/h11-13H,3-10,16H2,1-2H3,(H,17,21). The topological polar surface area (TPSA) is 87.9 Å². The van der Waals surface area contributed by atoms with Gasteiger partial charge in [-0.05, 0) is 19.8 Å². The number of carbonyl (C=O) groups excluding carboxylic acids is 2. The van der Waals surface area contributed by atoms with Crippen LogP contribution in [-0.2, 0) is 14.3 Å². The third-order valence-corrected chi connectivity index (χ3v) is 4.52. The molecule has 7 heteroatoms. The summed E-state index contributed by atoms with van der Waals surface area (Å²) in [6, 6.07) is 0.258. The minimum absolute atomic E-state index is 0.0760. The van der Waals surface area contributed by atoms with Gasteiger partial charge in [-0.1, -0.05) is 0 Å². The molecular weight excluding hydrogens is 284 g/mol. The Morgan fingerprint density at radius 1 is 1.27 bits per heavy atom. The lowest BCUT2D eigenvalue weighted by molar-refractivity contribution is -0.136. The van der Waals surface area contributed by atoms with E-state index in [9.17, 15) is 9.59 Å². The lowest BCUT2D eigenvalue weighted by atomic mass is 10.2. The highest BCUT2D eigenvalue weighted by molar-refractivity contribution is 5.82. The van der Waals surface area contributed by atoms with Gasteiger partial charge >= 0.3 is 0 Å². The fraction of sp³-hybridized carbons (Fsp3) is 0.867. The Balaban J connectivity index is 1.74.